The van der Waals surface area contributed by atoms with E-state index in [4.69, 9.17) is 0 Å². The number of nitrogens with one attached hydrogen (secondary N) is 1. The lowest BCUT2D eigenvalue weighted by molar-refractivity contribution is -0.136. The highest BCUT2D eigenvalue weighted by atomic mass is 32.1. The number of carbonyl (C=O) groups excluding carboxylic acids is 2. The fourth-order valence-electron chi connectivity index (χ4n) is 3.64. The summed E-state index contributed by atoms with van der Waals surface area (Å²) in [5.41, 5.74) is 0.869. The van der Waals surface area contributed by atoms with Crippen LogP contribution in [0.5, 0.6) is 0 Å². The number of benzene rings is 1. The molecule has 0 spiro atoms. The predicted molar refractivity (Wildman–Crippen MR) is 103 cm³/mol. The van der Waals surface area contributed by atoms with Gasteiger partial charge in [-0.05, 0) is 54.8 Å². The van der Waals surface area contributed by atoms with Crippen LogP contribution in [0, 0.1) is 17.7 Å². The highest BCUT2D eigenvalue weighted by Gasteiger charge is 2.36. The minimum absolute atomic E-state index is 0.0104. The standard InChI is InChI=1S/C21H23FN2O2S/c22-17-7-5-14(6-8-17)19(18-2-1-13-27-18)23-20(25)15-9-11-24(12-10-15)21(26)16-3-4-16/h1-2,5-8,13,15-16,19H,3-4,9-12H2,(H,23,25)/t19-/m0/s1. The van der Waals surface area contributed by atoms with Gasteiger partial charge < -0.3 is 10.2 Å². The quantitative estimate of drug-likeness (QED) is 0.851. The average molecular weight is 386 g/mol. The Bertz CT molecular complexity index is 794. The van der Waals surface area contributed by atoms with Crippen LogP contribution in [-0.4, -0.2) is 29.8 Å². The number of likely N-dealkylation sites (tertiary alicyclic amines) is 1. The molecule has 1 N–H and O–H groups in total. The van der Waals surface area contributed by atoms with E-state index in [-0.39, 0.29) is 35.5 Å². The van der Waals surface area contributed by atoms with Crippen LogP contribution in [-0.2, 0) is 9.59 Å². The lowest BCUT2D eigenvalue weighted by Gasteiger charge is -2.32. The molecule has 4 rings (SSSR count). The van der Waals surface area contributed by atoms with Gasteiger partial charge in [-0.3, -0.25) is 9.59 Å². The van der Waals surface area contributed by atoms with Crippen molar-refractivity contribution in [2.75, 3.05) is 13.1 Å². The molecular formula is C21H23FN2O2S. The molecule has 1 saturated carbocycles. The van der Waals surface area contributed by atoms with E-state index in [1.807, 2.05) is 22.4 Å². The molecule has 1 aliphatic carbocycles. The molecule has 1 aliphatic heterocycles. The van der Waals surface area contributed by atoms with Crippen LogP contribution >= 0.6 is 11.3 Å². The largest absolute Gasteiger partial charge is 0.344 e. The predicted octanol–water partition coefficient (Wildman–Crippen LogP) is 3.74. The summed E-state index contributed by atoms with van der Waals surface area (Å²) in [5, 5.41) is 5.12. The average Bonchev–Trinajstić information content (AvgIpc) is 3.41. The van der Waals surface area contributed by atoms with Crippen LogP contribution in [0.15, 0.2) is 41.8 Å². The number of rotatable bonds is 5. The van der Waals surface area contributed by atoms with Gasteiger partial charge in [0.2, 0.25) is 11.8 Å². The maximum Gasteiger partial charge on any atom is 0.225 e. The van der Waals surface area contributed by atoms with Crippen molar-refractivity contribution >= 4 is 23.2 Å². The van der Waals surface area contributed by atoms with Crippen LogP contribution in [0.2, 0.25) is 0 Å². The first-order chi connectivity index (χ1) is 13.1. The smallest absolute Gasteiger partial charge is 0.225 e. The molecule has 4 nitrogen and oxygen atoms in total. The number of hydrogen-bond acceptors (Lipinski definition) is 3. The molecule has 0 unspecified atom stereocenters. The van der Waals surface area contributed by atoms with E-state index >= 15 is 0 Å². The summed E-state index contributed by atoms with van der Waals surface area (Å²) in [7, 11) is 0. The summed E-state index contributed by atoms with van der Waals surface area (Å²) >= 11 is 1.57. The SMILES string of the molecule is O=C(N[C@@H](c1ccc(F)cc1)c1cccs1)C1CCN(C(=O)C2CC2)CC1. The highest BCUT2D eigenvalue weighted by Crippen LogP contribution is 2.33. The van der Waals surface area contributed by atoms with E-state index < -0.39 is 0 Å². The Morgan fingerprint density at radius 3 is 2.33 bits per heavy atom. The molecule has 2 aromatic rings. The Kier molecular flexibility index (Phi) is 5.25. The Morgan fingerprint density at radius 2 is 1.74 bits per heavy atom. The normalized spacial score (nSPS) is 18.9. The van der Waals surface area contributed by atoms with Gasteiger partial charge in [0.25, 0.3) is 0 Å². The fourth-order valence-corrected chi connectivity index (χ4v) is 4.44. The lowest BCUT2D eigenvalue weighted by atomic mass is 9.94. The Hall–Kier alpha value is -2.21. The highest BCUT2D eigenvalue weighted by molar-refractivity contribution is 7.10. The second-order valence-corrected chi connectivity index (χ2v) is 8.36. The van der Waals surface area contributed by atoms with Crippen molar-refractivity contribution in [3.63, 3.8) is 0 Å². The molecule has 1 atom stereocenters. The second kappa shape index (κ2) is 7.80. The monoisotopic (exact) mass is 386 g/mol. The van der Waals surface area contributed by atoms with Gasteiger partial charge in [0, 0.05) is 29.8 Å². The molecule has 0 radical (unpaired) electrons. The molecule has 2 aliphatic rings. The van der Waals surface area contributed by atoms with Crippen molar-refractivity contribution in [3.8, 4) is 0 Å². The molecule has 2 heterocycles. The van der Waals surface area contributed by atoms with Gasteiger partial charge in [0.05, 0.1) is 6.04 Å². The minimum atomic E-state index is -0.289. The van der Waals surface area contributed by atoms with Crippen LogP contribution in [0.25, 0.3) is 0 Å². The van der Waals surface area contributed by atoms with Gasteiger partial charge in [0.15, 0.2) is 0 Å². The zero-order chi connectivity index (χ0) is 18.8. The first-order valence-electron chi connectivity index (χ1n) is 9.50. The van der Waals surface area contributed by atoms with Gasteiger partial charge in [-0.25, -0.2) is 4.39 Å². The Balaban J connectivity index is 1.41. The molecule has 2 amide bonds. The molecule has 27 heavy (non-hydrogen) atoms. The Labute approximate surface area is 162 Å². The molecular weight excluding hydrogens is 363 g/mol. The van der Waals surface area contributed by atoms with Crippen molar-refractivity contribution in [1.82, 2.24) is 10.2 Å². The summed E-state index contributed by atoms with van der Waals surface area (Å²) in [5.74, 6) is 0.129. The topological polar surface area (TPSA) is 49.4 Å². The van der Waals surface area contributed by atoms with E-state index in [1.54, 1.807) is 23.5 Å². The maximum absolute atomic E-state index is 13.3. The third-order valence-electron chi connectivity index (χ3n) is 5.42. The molecule has 6 heteroatoms. The fraction of sp³-hybridized carbons (Fsp3) is 0.429. The van der Waals surface area contributed by atoms with Crippen LogP contribution in [0.4, 0.5) is 4.39 Å². The van der Waals surface area contributed by atoms with Gasteiger partial charge >= 0.3 is 0 Å². The first-order valence-corrected chi connectivity index (χ1v) is 10.4. The summed E-state index contributed by atoms with van der Waals surface area (Å²) < 4.78 is 13.3. The zero-order valence-corrected chi connectivity index (χ0v) is 15.9. The Morgan fingerprint density at radius 1 is 1.04 bits per heavy atom. The third-order valence-corrected chi connectivity index (χ3v) is 6.36. The molecule has 142 valence electrons. The summed E-state index contributed by atoms with van der Waals surface area (Å²) in [4.78, 5) is 28.0. The van der Waals surface area contributed by atoms with Gasteiger partial charge in [-0.15, -0.1) is 11.3 Å². The number of piperidine rings is 1. The number of halogens is 1. The van der Waals surface area contributed by atoms with Crippen molar-refractivity contribution in [2.24, 2.45) is 11.8 Å². The van der Waals surface area contributed by atoms with Crippen molar-refractivity contribution in [2.45, 2.75) is 31.7 Å². The van der Waals surface area contributed by atoms with Crippen molar-refractivity contribution in [1.29, 1.82) is 0 Å². The summed E-state index contributed by atoms with van der Waals surface area (Å²) in [6.07, 6.45) is 3.43. The first kappa shape index (κ1) is 18.2. The number of hydrogen-bond donors (Lipinski definition) is 1. The molecule has 0 bridgehead atoms. The van der Waals surface area contributed by atoms with E-state index in [0.29, 0.717) is 25.9 Å². The minimum Gasteiger partial charge on any atom is -0.344 e. The molecule has 1 saturated heterocycles. The number of amides is 2. The van der Waals surface area contributed by atoms with Crippen LogP contribution in [0.1, 0.15) is 42.2 Å². The number of nitrogens with zero attached hydrogens (tertiary/aromatic N) is 1. The maximum atomic E-state index is 13.3. The lowest BCUT2D eigenvalue weighted by Crippen LogP contribution is -2.44. The van der Waals surface area contributed by atoms with E-state index in [1.165, 1.54) is 12.1 Å². The summed E-state index contributed by atoms with van der Waals surface area (Å²) in [6.45, 7) is 1.32. The van der Waals surface area contributed by atoms with Crippen LogP contribution in [0.3, 0.4) is 0 Å². The van der Waals surface area contributed by atoms with Crippen LogP contribution < -0.4 is 5.32 Å². The number of carbonyl (C=O) groups is 2. The van der Waals surface area contributed by atoms with Gasteiger partial charge in [-0.1, -0.05) is 18.2 Å². The van der Waals surface area contributed by atoms with Gasteiger partial charge in [-0.2, -0.15) is 0 Å². The van der Waals surface area contributed by atoms with E-state index in [9.17, 15) is 14.0 Å². The number of thiophene rings is 1. The van der Waals surface area contributed by atoms with Crippen molar-refractivity contribution < 1.29 is 14.0 Å². The van der Waals surface area contributed by atoms with Gasteiger partial charge in [0.1, 0.15) is 5.82 Å². The molecule has 2 fully saturated rings. The summed E-state index contributed by atoms with van der Waals surface area (Å²) in [6, 6.07) is 9.94. The van der Waals surface area contributed by atoms with Crippen molar-refractivity contribution in [3.05, 3.63) is 58.0 Å². The van der Waals surface area contributed by atoms with E-state index in [0.717, 1.165) is 23.3 Å². The van der Waals surface area contributed by atoms with E-state index in [2.05, 4.69) is 5.32 Å². The molecule has 1 aromatic heterocycles. The molecule has 1 aromatic carbocycles. The third kappa shape index (κ3) is 4.21. The zero-order valence-electron chi connectivity index (χ0n) is 15.1. The second-order valence-electron chi connectivity index (χ2n) is 7.38.